The largest absolute Gasteiger partial charge is 0.490 e. The van der Waals surface area contributed by atoms with Gasteiger partial charge in [0.1, 0.15) is 5.54 Å². The topological polar surface area (TPSA) is 97.6 Å². The van der Waals surface area contributed by atoms with Crippen LogP contribution in [-0.2, 0) is 9.53 Å². The average molecular weight is 390 g/mol. The molecule has 1 aromatic rings. The van der Waals surface area contributed by atoms with Crippen molar-refractivity contribution in [3.63, 3.8) is 0 Å². The van der Waals surface area contributed by atoms with Crippen molar-refractivity contribution in [3.05, 3.63) is 23.8 Å². The molecule has 154 valence electrons. The summed E-state index contributed by atoms with van der Waals surface area (Å²) in [7, 11) is 0. The van der Waals surface area contributed by atoms with Crippen LogP contribution in [0.2, 0.25) is 0 Å². The summed E-state index contributed by atoms with van der Waals surface area (Å²) in [6.07, 6.45) is -0.203. The highest BCUT2D eigenvalue weighted by atomic mass is 16.5. The van der Waals surface area contributed by atoms with Crippen LogP contribution in [0.3, 0.4) is 0 Å². The molecule has 0 saturated carbocycles. The molecule has 0 bridgehead atoms. The normalized spacial score (nSPS) is 13.8. The summed E-state index contributed by atoms with van der Waals surface area (Å²) in [6, 6.07) is 6.84. The molecule has 1 aromatic carbocycles. The van der Waals surface area contributed by atoms with Gasteiger partial charge in [0, 0.05) is 0 Å². The molecule has 0 spiro atoms. The summed E-state index contributed by atoms with van der Waals surface area (Å²) in [6.45, 7) is 11.5. The molecule has 7 nitrogen and oxygen atoms in total. The van der Waals surface area contributed by atoms with Gasteiger partial charge in [0.05, 0.1) is 24.8 Å². The highest BCUT2D eigenvalue weighted by Crippen LogP contribution is 2.29. The summed E-state index contributed by atoms with van der Waals surface area (Å²) in [5.74, 6) is -0.297. The molecule has 0 radical (unpaired) electrons. The second-order valence-electron chi connectivity index (χ2n) is 6.95. The lowest BCUT2D eigenvalue weighted by Crippen LogP contribution is -2.52. The number of benzene rings is 1. The third-order valence-corrected chi connectivity index (χ3v) is 4.36. The number of ether oxygens (including phenoxy) is 3. The van der Waals surface area contributed by atoms with Crippen LogP contribution in [-0.4, -0.2) is 36.7 Å². The first-order chi connectivity index (χ1) is 13.2. The van der Waals surface area contributed by atoms with Crippen molar-refractivity contribution in [3.8, 4) is 17.6 Å². The minimum atomic E-state index is -1.05. The van der Waals surface area contributed by atoms with E-state index in [0.29, 0.717) is 24.7 Å². The zero-order valence-electron chi connectivity index (χ0n) is 17.5. The number of carbonyl (C=O) groups excluding carboxylic acids is 2. The van der Waals surface area contributed by atoms with E-state index in [2.05, 4.69) is 11.4 Å². The number of hydrogen-bond donors (Lipinski definition) is 1. The quantitative estimate of drug-likeness (QED) is 0.614. The van der Waals surface area contributed by atoms with E-state index < -0.39 is 23.5 Å². The number of rotatable bonds is 10. The van der Waals surface area contributed by atoms with E-state index >= 15 is 0 Å². The highest BCUT2D eigenvalue weighted by Gasteiger charge is 2.32. The molecule has 0 heterocycles. The Morgan fingerprint density at radius 3 is 2.39 bits per heavy atom. The first kappa shape index (κ1) is 23.3. The molecule has 0 aromatic heterocycles. The summed E-state index contributed by atoms with van der Waals surface area (Å²) in [4.78, 5) is 24.8. The van der Waals surface area contributed by atoms with Gasteiger partial charge in [-0.2, -0.15) is 5.26 Å². The van der Waals surface area contributed by atoms with Crippen LogP contribution in [0.25, 0.3) is 0 Å². The van der Waals surface area contributed by atoms with Crippen molar-refractivity contribution >= 4 is 11.9 Å². The number of esters is 1. The molecular weight excluding hydrogens is 360 g/mol. The van der Waals surface area contributed by atoms with Crippen molar-refractivity contribution in [1.82, 2.24) is 5.32 Å². The Kier molecular flexibility index (Phi) is 8.77. The van der Waals surface area contributed by atoms with Crippen LogP contribution in [0, 0.1) is 17.2 Å². The first-order valence-electron chi connectivity index (χ1n) is 9.52. The number of nitrogens with zero attached hydrogens (tertiary/aromatic N) is 1. The SMILES string of the molecule is CCCOc1ccc(C(=O)OC(C)C(=O)NC(C)(C#N)C(C)C)cc1OCC. The first-order valence-corrected chi connectivity index (χ1v) is 9.52. The van der Waals surface area contributed by atoms with Gasteiger partial charge in [0.25, 0.3) is 5.91 Å². The lowest BCUT2D eigenvalue weighted by Gasteiger charge is -2.28. The van der Waals surface area contributed by atoms with Crippen LogP contribution in [0.4, 0.5) is 0 Å². The Bertz CT molecular complexity index is 726. The van der Waals surface area contributed by atoms with E-state index in [1.165, 1.54) is 13.0 Å². The smallest absolute Gasteiger partial charge is 0.339 e. The second-order valence-corrected chi connectivity index (χ2v) is 6.95. The van der Waals surface area contributed by atoms with Gasteiger partial charge >= 0.3 is 5.97 Å². The van der Waals surface area contributed by atoms with Crippen LogP contribution in [0.15, 0.2) is 18.2 Å². The van der Waals surface area contributed by atoms with Gasteiger partial charge in [0.15, 0.2) is 17.6 Å². The van der Waals surface area contributed by atoms with Gasteiger partial charge in [-0.3, -0.25) is 4.79 Å². The minimum absolute atomic E-state index is 0.103. The molecule has 1 rings (SSSR count). The average Bonchev–Trinajstić information content (AvgIpc) is 2.66. The zero-order chi connectivity index (χ0) is 21.3. The number of hydrogen-bond acceptors (Lipinski definition) is 6. The Hall–Kier alpha value is -2.75. The number of amides is 1. The molecule has 0 aliphatic carbocycles. The molecular formula is C21H30N2O5. The maximum atomic E-state index is 12.4. The molecule has 0 saturated heterocycles. The van der Waals surface area contributed by atoms with Crippen LogP contribution in [0.1, 0.15) is 58.3 Å². The van der Waals surface area contributed by atoms with Crippen molar-refractivity contribution in [2.24, 2.45) is 5.92 Å². The number of nitrogens with one attached hydrogen (secondary N) is 1. The van der Waals surface area contributed by atoms with Gasteiger partial charge in [0.2, 0.25) is 0 Å². The molecule has 28 heavy (non-hydrogen) atoms. The number of nitriles is 1. The van der Waals surface area contributed by atoms with Crippen molar-refractivity contribution in [2.75, 3.05) is 13.2 Å². The summed E-state index contributed by atoms with van der Waals surface area (Å²) < 4.78 is 16.4. The third kappa shape index (κ3) is 6.15. The predicted molar refractivity (Wildman–Crippen MR) is 105 cm³/mol. The van der Waals surface area contributed by atoms with Gasteiger partial charge in [-0.15, -0.1) is 0 Å². The summed E-state index contributed by atoms with van der Waals surface area (Å²) in [5.41, 5.74) is -0.795. The fraction of sp³-hybridized carbons (Fsp3) is 0.571. The fourth-order valence-corrected chi connectivity index (χ4v) is 2.18. The molecule has 2 atom stereocenters. The van der Waals surface area contributed by atoms with Gasteiger partial charge in [-0.1, -0.05) is 20.8 Å². The van der Waals surface area contributed by atoms with E-state index in [1.54, 1.807) is 19.1 Å². The van der Waals surface area contributed by atoms with E-state index in [4.69, 9.17) is 14.2 Å². The van der Waals surface area contributed by atoms with Gasteiger partial charge in [-0.25, -0.2) is 4.79 Å². The van der Waals surface area contributed by atoms with E-state index in [9.17, 15) is 14.9 Å². The van der Waals surface area contributed by atoms with Crippen LogP contribution < -0.4 is 14.8 Å². The lowest BCUT2D eigenvalue weighted by molar-refractivity contribution is -0.130. The van der Waals surface area contributed by atoms with Crippen LogP contribution >= 0.6 is 0 Å². The third-order valence-electron chi connectivity index (χ3n) is 4.36. The molecule has 0 aliphatic rings. The van der Waals surface area contributed by atoms with Gasteiger partial charge < -0.3 is 19.5 Å². The monoisotopic (exact) mass is 390 g/mol. The molecule has 7 heteroatoms. The molecule has 2 unspecified atom stereocenters. The van der Waals surface area contributed by atoms with Crippen molar-refractivity contribution < 1.29 is 23.8 Å². The molecule has 0 aliphatic heterocycles. The summed E-state index contributed by atoms with van der Waals surface area (Å²) in [5, 5.41) is 12.0. The summed E-state index contributed by atoms with van der Waals surface area (Å²) >= 11 is 0. The number of carbonyl (C=O) groups is 2. The van der Waals surface area contributed by atoms with Crippen molar-refractivity contribution in [2.45, 2.75) is 59.6 Å². The van der Waals surface area contributed by atoms with E-state index in [1.807, 2.05) is 27.7 Å². The Balaban J connectivity index is 2.87. The maximum absolute atomic E-state index is 12.4. The van der Waals surface area contributed by atoms with E-state index in [-0.39, 0.29) is 11.5 Å². The van der Waals surface area contributed by atoms with Crippen LogP contribution in [0.5, 0.6) is 11.5 Å². The highest BCUT2D eigenvalue weighted by molar-refractivity contribution is 5.93. The van der Waals surface area contributed by atoms with E-state index in [0.717, 1.165) is 6.42 Å². The molecule has 0 fully saturated rings. The lowest BCUT2D eigenvalue weighted by atomic mass is 9.90. The molecule has 1 N–H and O–H groups in total. The maximum Gasteiger partial charge on any atom is 0.339 e. The predicted octanol–water partition coefficient (Wildman–Crippen LogP) is 3.47. The van der Waals surface area contributed by atoms with Gasteiger partial charge in [-0.05, 0) is 51.3 Å². The standard InChI is InChI=1S/C21H30N2O5/c1-7-11-27-17-10-9-16(12-18(17)26-8-2)20(25)28-15(5)19(24)23-21(6,13-22)14(3)4/h9-10,12,14-15H,7-8,11H2,1-6H3,(H,23,24). The zero-order valence-corrected chi connectivity index (χ0v) is 17.5. The molecule has 1 amide bonds. The Labute approximate surface area is 167 Å². The Morgan fingerprint density at radius 2 is 1.86 bits per heavy atom. The fourth-order valence-electron chi connectivity index (χ4n) is 2.18. The second kappa shape index (κ2) is 10.5. The minimum Gasteiger partial charge on any atom is -0.490 e. The Morgan fingerprint density at radius 1 is 1.18 bits per heavy atom. The van der Waals surface area contributed by atoms with Crippen molar-refractivity contribution in [1.29, 1.82) is 5.26 Å².